The Morgan fingerprint density at radius 1 is 1.09 bits per heavy atom. The first-order valence-corrected chi connectivity index (χ1v) is 7.00. The summed E-state index contributed by atoms with van der Waals surface area (Å²) in [7, 11) is 1.59. The third-order valence-electron chi connectivity index (χ3n) is 3.22. The van der Waals surface area contributed by atoms with Crippen LogP contribution in [0.5, 0.6) is 0 Å². The fourth-order valence-electron chi connectivity index (χ4n) is 1.96. The summed E-state index contributed by atoms with van der Waals surface area (Å²) in [4.78, 5) is 4.03. The van der Waals surface area contributed by atoms with Gasteiger partial charge in [-0.25, -0.2) is 8.78 Å². The first-order valence-electron chi connectivity index (χ1n) is 7.00. The lowest BCUT2D eigenvalue weighted by Crippen LogP contribution is -2.36. The second-order valence-corrected chi connectivity index (χ2v) is 4.82. The molecule has 4 nitrogen and oxygen atoms in total. The molecule has 0 unspecified atom stereocenters. The maximum absolute atomic E-state index is 13.6. The monoisotopic (exact) mass is 314 g/mol. The molecule has 0 radical (unpaired) electrons. The van der Waals surface area contributed by atoms with Gasteiger partial charge in [0.25, 0.3) is 0 Å². The lowest BCUT2D eigenvalue weighted by molar-refractivity contribution is 0.581. The Labute approximate surface area is 133 Å². The van der Waals surface area contributed by atoms with Crippen LogP contribution >= 0.6 is 0 Å². The van der Waals surface area contributed by atoms with Gasteiger partial charge in [-0.15, -0.1) is 0 Å². The van der Waals surface area contributed by atoms with Crippen LogP contribution in [-0.4, -0.2) is 13.0 Å². The molecule has 0 amide bonds. The number of rotatable bonds is 4. The van der Waals surface area contributed by atoms with Crippen molar-refractivity contribution >= 4 is 5.96 Å². The maximum atomic E-state index is 13.6. The number of hydrogen-bond donors (Lipinski definition) is 2. The van der Waals surface area contributed by atoms with Gasteiger partial charge in [0.05, 0.1) is 11.6 Å². The number of benzene rings is 2. The molecule has 6 heteroatoms. The molecule has 0 aliphatic heterocycles. The zero-order valence-electron chi connectivity index (χ0n) is 12.6. The van der Waals surface area contributed by atoms with E-state index in [-0.39, 0.29) is 12.1 Å². The van der Waals surface area contributed by atoms with Gasteiger partial charge >= 0.3 is 0 Å². The minimum Gasteiger partial charge on any atom is -0.352 e. The fraction of sp³-hybridized carbons (Fsp3) is 0.176. The molecule has 0 aromatic heterocycles. The average Bonchev–Trinajstić information content (AvgIpc) is 2.58. The van der Waals surface area contributed by atoms with Crippen LogP contribution in [0.2, 0.25) is 0 Å². The van der Waals surface area contributed by atoms with Crippen molar-refractivity contribution in [2.75, 3.05) is 7.05 Å². The molecule has 0 atom stereocenters. The van der Waals surface area contributed by atoms with Crippen LogP contribution in [0, 0.1) is 23.0 Å². The molecule has 0 aliphatic rings. The summed E-state index contributed by atoms with van der Waals surface area (Å²) in [5, 5.41) is 14.7. The van der Waals surface area contributed by atoms with Crippen molar-refractivity contribution in [1.29, 1.82) is 5.26 Å². The maximum Gasteiger partial charge on any atom is 0.191 e. The van der Waals surface area contributed by atoms with Gasteiger partial charge in [-0.1, -0.05) is 12.1 Å². The van der Waals surface area contributed by atoms with Crippen LogP contribution in [0.15, 0.2) is 47.5 Å². The lowest BCUT2D eigenvalue weighted by Gasteiger charge is -2.12. The summed E-state index contributed by atoms with van der Waals surface area (Å²) in [6, 6.07) is 12.5. The summed E-state index contributed by atoms with van der Waals surface area (Å²) in [5.41, 5.74) is 1.80. The molecule has 0 bridgehead atoms. The third-order valence-corrected chi connectivity index (χ3v) is 3.22. The Bertz CT molecular complexity index is 733. The van der Waals surface area contributed by atoms with Crippen molar-refractivity contribution < 1.29 is 8.78 Å². The molecule has 0 saturated heterocycles. The van der Waals surface area contributed by atoms with E-state index in [0.717, 1.165) is 23.8 Å². The molecule has 0 aliphatic carbocycles. The van der Waals surface area contributed by atoms with Gasteiger partial charge in [-0.3, -0.25) is 4.99 Å². The number of nitrogens with zero attached hydrogens (tertiary/aromatic N) is 2. The molecule has 0 fully saturated rings. The molecule has 0 saturated carbocycles. The van der Waals surface area contributed by atoms with E-state index in [4.69, 9.17) is 5.26 Å². The number of nitriles is 1. The first kappa shape index (κ1) is 16.4. The molecule has 0 spiro atoms. The lowest BCUT2D eigenvalue weighted by atomic mass is 10.1. The summed E-state index contributed by atoms with van der Waals surface area (Å²) in [6.45, 7) is 0.619. The Hall–Kier alpha value is -2.94. The first-order chi connectivity index (χ1) is 11.1. The minimum atomic E-state index is -0.483. The van der Waals surface area contributed by atoms with E-state index in [1.54, 1.807) is 19.2 Å². The smallest absolute Gasteiger partial charge is 0.191 e. The van der Waals surface area contributed by atoms with Gasteiger partial charge in [0.2, 0.25) is 0 Å². The SMILES string of the molecule is CN=C(NCc1ccc(C#N)cc1)NCc1cc(F)ccc1F. The zero-order chi connectivity index (χ0) is 16.7. The Morgan fingerprint density at radius 2 is 1.78 bits per heavy atom. The average molecular weight is 314 g/mol. The Kier molecular flexibility index (Phi) is 5.64. The summed E-state index contributed by atoms with van der Waals surface area (Å²) in [6.07, 6.45) is 0. The molecule has 2 aromatic rings. The standard InChI is InChI=1S/C17H16F2N4/c1-21-17(22-10-13-4-2-12(9-20)3-5-13)23-11-14-8-15(18)6-7-16(14)19/h2-8H,10-11H2,1H3,(H2,21,22,23). The van der Waals surface area contributed by atoms with Crippen LogP contribution < -0.4 is 10.6 Å². The predicted molar refractivity (Wildman–Crippen MR) is 84.6 cm³/mol. The minimum absolute atomic E-state index is 0.122. The largest absolute Gasteiger partial charge is 0.352 e. The van der Waals surface area contributed by atoms with E-state index in [0.29, 0.717) is 18.1 Å². The van der Waals surface area contributed by atoms with Crippen molar-refractivity contribution in [1.82, 2.24) is 10.6 Å². The highest BCUT2D eigenvalue weighted by atomic mass is 19.1. The second kappa shape index (κ2) is 7.90. The van der Waals surface area contributed by atoms with Crippen LogP contribution in [-0.2, 0) is 13.1 Å². The van der Waals surface area contributed by atoms with Gasteiger partial charge in [0, 0.05) is 25.7 Å². The highest BCUT2D eigenvalue weighted by Gasteiger charge is 2.05. The molecular weight excluding hydrogens is 298 g/mol. The van der Waals surface area contributed by atoms with Crippen molar-refractivity contribution in [2.24, 2.45) is 4.99 Å². The summed E-state index contributed by atoms with van der Waals surface area (Å²) >= 11 is 0. The van der Waals surface area contributed by atoms with Crippen LogP contribution in [0.25, 0.3) is 0 Å². The molecule has 2 rings (SSSR count). The van der Waals surface area contributed by atoms with Gasteiger partial charge in [0.1, 0.15) is 11.6 Å². The van der Waals surface area contributed by atoms with E-state index in [1.165, 1.54) is 0 Å². The number of nitrogens with one attached hydrogen (secondary N) is 2. The van der Waals surface area contributed by atoms with E-state index in [9.17, 15) is 8.78 Å². The predicted octanol–water partition coefficient (Wildman–Crippen LogP) is 2.70. The number of aliphatic imine (C=N–C) groups is 1. The highest BCUT2D eigenvalue weighted by Crippen LogP contribution is 2.09. The fourth-order valence-corrected chi connectivity index (χ4v) is 1.96. The molecular formula is C17H16F2N4. The molecule has 0 heterocycles. The van der Waals surface area contributed by atoms with Crippen molar-refractivity contribution in [2.45, 2.75) is 13.1 Å². The molecule has 2 N–H and O–H groups in total. The number of hydrogen-bond acceptors (Lipinski definition) is 2. The van der Waals surface area contributed by atoms with Crippen molar-refractivity contribution in [3.63, 3.8) is 0 Å². The topological polar surface area (TPSA) is 60.2 Å². The van der Waals surface area contributed by atoms with Crippen LogP contribution in [0.4, 0.5) is 8.78 Å². The van der Waals surface area contributed by atoms with Crippen LogP contribution in [0.1, 0.15) is 16.7 Å². The van der Waals surface area contributed by atoms with Crippen molar-refractivity contribution in [3.05, 3.63) is 70.8 Å². The molecule has 23 heavy (non-hydrogen) atoms. The Balaban J connectivity index is 1.90. The van der Waals surface area contributed by atoms with E-state index >= 15 is 0 Å². The van der Waals surface area contributed by atoms with Gasteiger partial charge < -0.3 is 10.6 Å². The summed E-state index contributed by atoms with van der Waals surface area (Å²) < 4.78 is 26.7. The zero-order valence-corrected chi connectivity index (χ0v) is 12.6. The van der Waals surface area contributed by atoms with Gasteiger partial charge in [-0.05, 0) is 35.9 Å². The van der Waals surface area contributed by atoms with Gasteiger partial charge in [-0.2, -0.15) is 5.26 Å². The summed E-state index contributed by atoms with van der Waals surface area (Å²) in [5.74, 6) is -0.483. The van der Waals surface area contributed by atoms with E-state index in [1.807, 2.05) is 12.1 Å². The van der Waals surface area contributed by atoms with E-state index < -0.39 is 11.6 Å². The molecule has 2 aromatic carbocycles. The van der Waals surface area contributed by atoms with Gasteiger partial charge in [0.15, 0.2) is 5.96 Å². The molecule has 118 valence electrons. The highest BCUT2D eigenvalue weighted by molar-refractivity contribution is 5.79. The Morgan fingerprint density at radius 3 is 2.43 bits per heavy atom. The third kappa shape index (κ3) is 4.78. The van der Waals surface area contributed by atoms with Crippen LogP contribution in [0.3, 0.4) is 0 Å². The van der Waals surface area contributed by atoms with E-state index in [2.05, 4.69) is 21.7 Å². The quantitative estimate of drug-likeness (QED) is 0.674. The normalized spacial score (nSPS) is 11.0. The number of guanidine groups is 1. The van der Waals surface area contributed by atoms with Crippen molar-refractivity contribution in [3.8, 4) is 6.07 Å². The second-order valence-electron chi connectivity index (χ2n) is 4.82. The number of halogens is 2.